The Morgan fingerprint density at radius 1 is 1.11 bits per heavy atom. The number of benzene rings is 2. The number of nitrogens with one attached hydrogen (secondary N) is 1. The highest BCUT2D eigenvalue weighted by atomic mass is 127. The van der Waals surface area contributed by atoms with Crippen molar-refractivity contribution in [3.8, 4) is 0 Å². The fraction of sp³-hybridized carbons (Fsp3) is 0.381. The Morgan fingerprint density at radius 2 is 1.75 bits per heavy atom. The Labute approximate surface area is 185 Å². The van der Waals surface area contributed by atoms with Gasteiger partial charge < -0.3 is 11.1 Å². The van der Waals surface area contributed by atoms with Crippen LogP contribution in [0.2, 0.25) is 0 Å². The molecule has 0 saturated carbocycles. The first-order valence-electron chi connectivity index (χ1n) is 9.11. The van der Waals surface area contributed by atoms with Crippen molar-refractivity contribution in [2.75, 3.05) is 17.6 Å². The molecule has 0 aliphatic carbocycles. The number of guanidine groups is 1. The number of anilines is 1. The van der Waals surface area contributed by atoms with Crippen LogP contribution in [0.1, 0.15) is 38.8 Å². The van der Waals surface area contributed by atoms with E-state index in [2.05, 4.69) is 38.0 Å². The minimum Gasteiger partial charge on any atom is -0.370 e. The van der Waals surface area contributed by atoms with E-state index in [0.29, 0.717) is 4.90 Å². The maximum absolute atomic E-state index is 12.5. The number of aryl methyl sites for hydroxylation is 1. The van der Waals surface area contributed by atoms with Crippen LogP contribution in [0, 0.1) is 0 Å². The van der Waals surface area contributed by atoms with Crippen molar-refractivity contribution in [3.05, 3.63) is 59.7 Å². The van der Waals surface area contributed by atoms with Crippen LogP contribution in [-0.2, 0) is 21.7 Å². The highest BCUT2D eigenvalue weighted by Crippen LogP contribution is 2.23. The Kier molecular flexibility index (Phi) is 8.94. The number of hydrogen-bond acceptors (Lipinski definition) is 3. The summed E-state index contributed by atoms with van der Waals surface area (Å²) in [6.45, 7) is 8.47. The lowest BCUT2D eigenvalue weighted by Gasteiger charge is -2.19. The van der Waals surface area contributed by atoms with E-state index >= 15 is 0 Å². The molecule has 2 rings (SSSR count). The van der Waals surface area contributed by atoms with Gasteiger partial charge >= 0.3 is 0 Å². The summed E-state index contributed by atoms with van der Waals surface area (Å²) in [5, 5.41) is 3.00. The van der Waals surface area contributed by atoms with Crippen molar-refractivity contribution in [2.24, 2.45) is 10.7 Å². The van der Waals surface area contributed by atoms with Gasteiger partial charge in [-0.2, -0.15) is 0 Å². The van der Waals surface area contributed by atoms with Crippen molar-refractivity contribution in [1.82, 2.24) is 0 Å². The van der Waals surface area contributed by atoms with Crippen LogP contribution in [-0.4, -0.2) is 26.7 Å². The van der Waals surface area contributed by atoms with E-state index in [0.717, 1.165) is 17.7 Å². The molecule has 3 N–H and O–H groups in total. The first-order chi connectivity index (χ1) is 12.6. The lowest BCUT2D eigenvalue weighted by molar-refractivity contribution is 0.586. The van der Waals surface area contributed by atoms with Gasteiger partial charge in [-0.1, -0.05) is 52.0 Å². The molecule has 0 unspecified atom stereocenters. The molecule has 0 bridgehead atoms. The fourth-order valence-corrected chi connectivity index (χ4v) is 3.74. The molecule has 7 heteroatoms. The van der Waals surface area contributed by atoms with Gasteiger partial charge in [0.15, 0.2) is 15.8 Å². The Bertz CT molecular complexity index is 902. The zero-order valence-corrected chi connectivity index (χ0v) is 20.0. The summed E-state index contributed by atoms with van der Waals surface area (Å²) >= 11 is 0. The molecular formula is C21H30IN3O2S. The van der Waals surface area contributed by atoms with E-state index in [1.807, 2.05) is 36.4 Å². The third-order valence-corrected chi connectivity index (χ3v) is 6.04. The van der Waals surface area contributed by atoms with Gasteiger partial charge in [-0.3, -0.25) is 4.99 Å². The summed E-state index contributed by atoms with van der Waals surface area (Å²) in [5.41, 5.74) is 9.00. The number of nitrogens with two attached hydrogens (primary N) is 1. The van der Waals surface area contributed by atoms with E-state index in [1.54, 1.807) is 12.1 Å². The highest BCUT2D eigenvalue weighted by molar-refractivity contribution is 14.0. The first kappa shape index (κ1) is 24.4. The average molecular weight is 515 g/mol. The summed E-state index contributed by atoms with van der Waals surface area (Å²) in [5.74, 6) is 0.126. The Balaban J connectivity index is 0.00000392. The molecule has 0 saturated heterocycles. The summed E-state index contributed by atoms with van der Waals surface area (Å²) in [4.78, 5) is 4.46. The number of nitrogens with zero attached hydrogens (tertiary/aromatic N) is 1. The first-order valence-corrected chi connectivity index (χ1v) is 10.8. The van der Waals surface area contributed by atoms with Crippen LogP contribution in [0.3, 0.4) is 0 Å². The summed E-state index contributed by atoms with van der Waals surface area (Å²) in [6, 6.07) is 14.9. The minimum atomic E-state index is -3.39. The van der Waals surface area contributed by atoms with E-state index in [4.69, 9.17) is 5.73 Å². The minimum absolute atomic E-state index is 0. The van der Waals surface area contributed by atoms with Gasteiger partial charge in [0.25, 0.3) is 0 Å². The van der Waals surface area contributed by atoms with Crippen LogP contribution >= 0.6 is 24.0 Å². The third-order valence-electron chi connectivity index (χ3n) is 4.33. The molecule has 5 nitrogen and oxygen atoms in total. The lowest BCUT2D eigenvalue weighted by Crippen LogP contribution is -2.24. The molecule has 0 amide bonds. The molecule has 0 spiro atoms. The molecule has 0 atom stereocenters. The number of sulfone groups is 1. The smallest absolute Gasteiger partial charge is 0.193 e. The maximum Gasteiger partial charge on any atom is 0.193 e. The molecule has 28 heavy (non-hydrogen) atoms. The second kappa shape index (κ2) is 10.2. The molecule has 154 valence electrons. The van der Waals surface area contributed by atoms with Crippen LogP contribution in [0.5, 0.6) is 0 Å². The van der Waals surface area contributed by atoms with Crippen LogP contribution in [0.25, 0.3) is 0 Å². The normalized spacial score (nSPS) is 12.4. The lowest BCUT2D eigenvalue weighted by atomic mass is 9.87. The maximum atomic E-state index is 12.5. The van der Waals surface area contributed by atoms with Crippen LogP contribution in [0.4, 0.5) is 5.69 Å². The third kappa shape index (κ3) is 7.09. The fourth-order valence-electron chi connectivity index (χ4n) is 2.62. The van der Waals surface area contributed by atoms with Crippen molar-refractivity contribution in [2.45, 2.75) is 44.4 Å². The molecule has 0 aliphatic rings. The molecule has 2 aromatic rings. The SMILES string of the molecule is CCc1cccc(NC(N)=NCCS(=O)(=O)c2ccc(C(C)(C)C)cc2)c1.I. The molecule has 2 aromatic carbocycles. The monoisotopic (exact) mass is 515 g/mol. The van der Waals surface area contributed by atoms with Gasteiger partial charge in [0.05, 0.1) is 17.2 Å². The molecule has 0 fully saturated rings. The van der Waals surface area contributed by atoms with Gasteiger partial charge in [-0.05, 0) is 47.2 Å². The number of hydrogen-bond donors (Lipinski definition) is 2. The number of aliphatic imine (C=N–C) groups is 1. The van der Waals surface area contributed by atoms with E-state index in [-0.39, 0.29) is 47.6 Å². The predicted octanol–water partition coefficient (Wildman–Crippen LogP) is 4.37. The summed E-state index contributed by atoms with van der Waals surface area (Å²) < 4.78 is 25.0. The summed E-state index contributed by atoms with van der Waals surface area (Å²) in [7, 11) is -3.39. The van der Waals surface area contributed by atoms with Crippen molar-refractivity contribution in [3.63, 3.8) is 0 Å². The zero-order valence-electron chi connectivity index (χ0n) is 16.9. The molecule has 0 aliphatic heterocycles. The van der Waals surface area contributed by atoms with Crippen LogP contribution in [0.15, 0.2) is 58.4 Å². The quantitative estimate of drug-likeness (QED) is 0.340. The second-order valence-corrected chi connectivity index (χ2v) is 9.65. The Morgan fingerprint density at radius 3 is 2.32 bits per heavy atom. The van der Waals surface area contributed by atoms with Gasteiger partial charge in [0, 0.05) is 5.69 Å². The van der Waals surface area contributed by atoms with Crippen molar-refractivity contribution < 1.29 is 8.42 Å². The predicted molar refractivity (Wildman–Crippen MR) is 129 cm³/mol. The van der Waals surface area contributed by atoms with Gasteiger partial charge in [0.2, 0.25) is 0 Å². The van der Waals surface area contributed by atoms with Gasteiger partial charge in [-0.15, -0.1) is 24.0 Å². The van der Waals surface area contributed by atoms with Crippen molar-refractivity contribution in [1.29, 1.82) is 0 Å². The molecule has 0 heterocycles. The van der Waals surface area contributed by atoms with Gasteiger partial charge in [-0.25, -0.2) is 8.42 Å². The highest BCUT2D eigenvalue weighted by Gasteiger charge is 2.17. The summed E-state index contributed by atoms with van der Waals surface area (Å²) in [6.07, 6.45) is 0.929. The molecule has 0 aromatic heterocycles. The molecular weight excluding hydrogens is 485 g/mol. The zero-order chi connectivity index (χ0) is 20.1. The second-order valence-electron chi connectivity index (χ2n) is 7.54. The number of halogens is 1. The average Bonchev–Trinajstić information content (AvgIpc) is 2.61. The van der Waals surface area contributed by atoms with E-state index < -0.39 is 9.84 Å². The topological polar surface area (TPSA) is 84.5 Å². The van der Waals surface area contributed by atoms with Gasteiger partial charge in [0.1, 0.15) is 0 Å². The number of rotatable bonds is 6. The largest absolute Gasteiger partial charge is 0.370 e. The molecule has 0 radical (unpaired) electrons. The Hall–Kier alpha value is -1.61. The van der Waals surface area contributed by atoms with Crippen molar-refractivity contribution >= 4 is 45.5 Å². The van der Waals surface area contributed by atoms with Crippen LogP contribution < -0.4 is 11.1 Å². The van der Waals surface area contributed by atoms with E-state index in [1.165, 1.54) is 5.56 Å². The standard InChI is InChI=1S/C21H29N3O2S.HI/c1-5-16-7-6-8-18(15-16)24-20(22)23-13-14-27(25,26)19-11-9-17(10-12-19)21(2,3)4;/h6-12,15H,5,13-14H2,1-4H3,(H3,22,23,24);1H. The van der Waals surface area contributed by atoms with E-state index in [9.17, 15) is 8.42 Å².